The van der Waals surface area contributed by atoms with Crippen molar-refractivity contribution < 1.29 is 5.11 Å². The van der Waals surface area contributed by atoms with Crippen LogP contribution in [-0.2, 0) is 0 Å². The summed E-state index contributed by atoms with van der Waals surface area (Å²) in [6, 6.07) is 0. The van der Waals surface area contributed by atoms with Crippen molar-refractivity contribution >= 4 is 18.3 Å². The molecule has 0 bridgehead atoms. The van der Waals surface area contributed by atoms with Crippen LogP contribution < -0.4 is 0 Å². The van der Waals surface area contributed by atoms with Crippen LogP contribution in [0.3, 0.4) is 0 Å². The molecule has 0 aromatic rings. The smallest absolute Gasteiger partial charge is 0.0870 e. The second kappa shape index (κ2) is 4.09. The molecule has 7 heavy (non-hydrogen) atoms. The summed E-state index contributed by atoms with van der Waals surface area (Å²) in [6.07, 6.45) is -0.515. The van der Waals surface area contributed by atoms with Gasteiger partial charge in [-0.05, 0) is 6.72 Å². The normalized spacial score (nSPS) is 13.4. The lowest BCUT2D eigenvalue weighted by Gasteiger charge is -1.97. The Morgan fingerprint density at radius 2 is 2.43 bits per heavy atom. The Balaban J connectivity index is 2.98. The summed E-state index contributed by atoms with van der Waals surface area (Å²) in [6.45, 7) is 3.52. The lowest BCUT2D eigenvalue weighted by atomic mass is 10.4. The molecular weight excluding hydrogens is 114 g/mol. The van der Waals surface area contributed by atoms with E-state index < -0.39 is 6.10 Å². The zero-order valence-corrected chi connectivity index (χ0v) is 4.73. The standard InChI is InChI=1S/C4H8ClNO/c1-6-3-4(7)2-5/h4,7H,1-3H2. The maximum atomic E-state index is 8.59. The number of hydrogen-bond donors (Lipinski definition) is 1. The highest BCUT2D eigenvalue weighted by Gasteiger charge is 1.95. The van der Waals surface area contributed by atoms with Crippen LogP contribution in [0.1, 0.15) is 0 Å². The molecule has 0 saturated heterocycles. The van der Waals surface area contributed by atoms with Gasteiger partial charge in [-0.25, -0.2) is 0 Å². The predicted molar refractivity (Wildman–Crippen MR) is 31.1 cm³/mol. The van der Waals surface area contributed by atoms with Gasteiger partial charge >= 0.3 is 0 Å². The van der Waals surface area contributed by atoms with Crippen molar-refractivity contribution in [2.75, 3.05) is 12.4 Å². The van der Waals surface area contributed by atoms with Gasteiger partial charge in [-0.1, -0.05) is 0 Å². The average Bonchev–Trinajstić information content (AvgIpc) is 1.68. The molecule has 0 amide bonds. The van der Waals surface area contributed by atoms with E-state index in [0.717, 1.165) is 0 Å². The molecule has 0 radical (unpaired) electrons. The van der Waals surface area contributed by atoms with E-state index in [1.54, 1.807) is 0 Å². The van der Waals surface area contributed by atoms with Crippen molar-refractivity contribution in [3.8, 4) is 0 Å². The Bertz CT molecular complexity index is 57.7. The zero-order valence-electron chi connectivity index (χ0n) is 3.97. The van der Waals surface area contributed by atoms with Gasteiger partial charge in [0.2, 0.25) is 0 Å². The summed E-state index contributed by atoms with van der Waals surface area (Å²) < 4.78 is 0. The minimum absolute atomic E-state index is 0.235. The number of hydrogen-bond acceptors (Lipinski definition) is 2. The summed E-state index contributed by atoms with van der Waals surface area (Å²) in [4.78, 5) is 3.42. The Kier molecular flexibility index (Phi) is 4.04. The molecule has 1 atom stereocenters. The molecule has 0 aromatic heterocycles. The number of aliphatic hydroxyl groups excluding tert-OH is 1. The Morgan fingerprint density at radius 3 is 2.57 bits per heavy atom. The maximum Gasteiger partial charge on any atom is 0.0870 e. The third-order valence-electron chi connectivity index (χ3n) is 0.518. The van der Waals surface area contributed by atoms with E-state index >= 15 is 0 Å². The van der Waals surface area contributed by atoms with E-state index in [-0.39, 0.29) is 5.88 Å². The minimum Gasteiger partial charge on any atom is -0.390 e. The molecule has 0 aliphatic heterocycles. The summed E-state index contributed by atoms with van der Waals surface area (Å²) >= 11 is 5.19. The molecule has 0 spiro atoms. The minimum atomic E-state index is -0.515. The van der Waals surface area contributed by atoms with Gasteiger partial charge in [-0.15, -0.1) is 11.6 Å². The van der Waals surface area contributed by atoms with Crippen LogP contribution >= 0.6 is 11.6 Å². The van der Waals surface area contributed by atoms with Crippen LogP contribution in [0.5, 0.6) is 0 Å². The van der Waals surface area contributed by atoms with Gasteiger partial charge in [0.1, 0.15) is 0 Å². The van der Waals surface area contributed by atoms with E-state index in [9.17, 15) is 0 Å². The first-order valence-electron chi connectivity index (χ1n) is 1.97. The summed E-state index contributed by atoms with van der Waals surface area (Å²) in [5, 5.41) is 8.59. The van der Waals surface area contributed by atoms with Gasteiger partial charge in [0.15, 0.2) is 0 Å². The van der Waals surface area contributed by atoms with Crippen LogP contribution in [-0.4, -0.2) is 30.4 Å². The van der Waals surface area contributed by atoms with Gasteiger partial charge in [0.05, 0.1) is 18.5 Å². The monoisotopic (exact) mass is 121 g/mol. The predicted octanol–water partition coefficient (Wildman–Crippen LogP) is 0.287. The Labute approximate surface area is 47.8 Å². The molecule has 1 N–H and O–H groups in total. The van der Waals surface area contributed by atoms with Crippen molar-refractivity contribution in [1.82, 2.24) is 0 Å². The lowest BCUT2D eigenvalue weighted by molar-refractivity contribution is 0.207. The van der Waals surface area contributed by atoms with Crippen molar-refractivity contribution in [2.24, 2.45) is 4.99 Å². The number of halogens is 1. The Hall–Kier alpha value is -0.0800. The van der Waals surface area contributed by atoms with E-state index in [1.165, 1.54) is 0 Å². The third kappa shape index (κ3) is 3.76. The summed E-state index contributed by atoms with van der Waals surface area (Å²) in [5.74, 6) is 0.235. The van der Waals surface area contributed by atoms with Crippen LogP contribution in [0, 0.1) is 0 Å². The van der Waals surface area contributed by atoms with Crippen LogP contribution in [0.4, 0.5) is 0 Å². The number of nitrogens with zero attached hydrogens (tertiary/aromatic N) is 1. The molecule has 1 unspecified atom stereocenters. The summed E-state index contributed by atoms with van der Waals surface area (Å²) in [7, 11) is 0. The fourth-order valence-electron chi connectivity index (χ4n) is 0.198. The lowest BCUT2D eigenvalue weighted by Crippen LogP contribution is -2.11. The summed E-state index contributed by atoms with van der Waals surface area (Å²) in [5.41, 5.74) is 0. The van der Waals surface area contributed by atoms with Crippen molar-refractivity contribution in [3.63, 3.8) is 0 Å². The van der Waals surface area contributed by atoms with Gasteiger partial charge in [-0.3, -0.25) is 4.99 Å². The van der Waals surface area contributed by atoms with Crippen molar-refractivity contribution in [3.05, 3.63) is 0 Å². The van der Waals surface area contributed by atoms with Crippen molar-refractivity contribution in [2.45, 2.75) is 6.10 Å². The molecule has 0 fully saturated rings. The molecule has 0 aliphatic rings. The quantitative estimate of drug-likeness (QED) is 0.423. The largest absolute Gasteiger partial charge is 0.390 e. The molecule has 0 heterocycles. The van der Waals surface area contributed by atoms with E-state index in [4.69, 9.17) is 16.7 Å². The molecular formula is C4H8ClNO. The van der Waals surface area contributed by atoms with Crippen molar-refractivity contribution in [1.29, 1.82) is 0 Å². The zero-order chi connectivity index (χ0) is 5.70. The maximum absolute atomic E-state index is 8.59. The Morgan fingerprint density at radius 1 is 1.86 bits per heavy atom. The first-order valence-corrected chi connectivity index (χ1v) is 2.51. The second-order valence-electron chi connectivity index (χ2n) is 1.21. The van der Waals surface area contributed by atoms with Crippen LogP contribution in [0.2, 0.25) is 0 Å². The molecule has 0 aromatic carbocycles. The third-order valence-corrected chi connectivity index (χ3v) is 0.874. The van der Waals surface area contributed by atoms with E-state index in [1.807, 2.05) is 0 Å². The highest BCUT2D eigenvalue weighted by Crippen LogP contribution is 1.85. The highest BCUT2D eigenvalue weighted by molar-refractivity contribution is 6.18. The molecule has 0 saturated carbocycles. The van der Waals surface area contributed by atoms with Gasteiger partial charge in [0, 0.05) is 0 Å². The molecule has 42 valence electrons. The molecule has 2 nitrogen and oxygen atoms in total. The molecule has 0 aliphatic carbocycles. The van der Waals surface area contributed by atoms with E-state index in [0.29, 0.717) is 6.54 Å². The average molecular weight is 122 g/mol. The number of aliphatic imine (C=N–C) groups is 1. The fourth-order valence-corrected chi connectivity index (χ4v) is 0.295. The van der Waals surface area contributed by atoms with Crippen LogP contribution in [0.15, 0.2) is 4.99 Å². The van der Waals surface area contributed by atoms with Gasteiger partial charge < -0.3 is 5.11 Å². The topological polar surface area (TPSA) is 32.6 Å². The van der Waals surface area contributed by atoms with E-state index in [2.05, 4.69) is 11.7 Å². The second-order valence-corrected chi connectivity index (χ2v) is 1.52. The first kappa shape index (κ1) is 6.92. The van der Waals surface area contributed by atoms with Crippen LogP contribution in [0.25, 0.3) is 0 Å². The van der Waals surface area contributed by atoms with Gasteiger partial charge in [0.25, 0.3) is 0 Å². The fraction of sp³-hybridized carbons (Fsp3) is 0.750. The number of alkyl halides is 1. The SMILES string of the molecule is C=NCC(O)CCl. The first-order chi connectivity index (χ1) is 3.31. The number of rotatable bonds is 3. The highest BCUT2D eigenvalue weighted by atomic mass is 35.5. The molecule has 3 heteroatoms. The molecule has 0 rings (SSSR count). The van der Waals surface area contributed by atoms with Gasteiger partial charge in [-0.2, -0.15) is 0 Å². The number of aliphatic hydroxyl groups is 1.